The zero-order chi connectivity index (χ0) is 18.7. The molecular weight excluding hydrogens is 393 g/mol. The van der Waals surface area contributed by atoms with Crippen molar-refractivity contribution in [1.82, 2.24) is 10.9 Å². The van der Waals surface area contributed by atoms with E-state index in [1.165, 1.54) is 11.3 Å². The molecule has 0 fully saturated rings. The summed E-state index contributed by atoms with van der Waals surface area (Å²) in [5.74, 6) is -0.308. The Morgan fingerprint density at radius 2 is 1.69 bits per heavy atom. The van der Waals surface area contributed by atoms with Crippen LogP contribution in [0.25, 0.3) is 10.1 Å². The zero-order valence-electron chi connectivity index (χ0n) is 13.7. The molecule has 134 valence electrons. The first-order valence-corrected chi connectivity index (χ1v) is 9.28. The van der Waals surface area contributed by atoms with Crippen molar-refractivity contribution in [1.29, 1.82) is 0 Å². The Balaban J connectivity index is 1.56. The second-order valence-corrected chi connectivity index (χ2v) is 7.61. The summed E-state index contributed by atoms with van der Waals surface area (Å²) in [6.07, 6.45) is 0.171. The van der Waals surface area contributed by atoms with Crippen LogP contribution in [0.4, 0.5) is 10.5 Å². The molecule has 3 aromatic rings. The molecule has 5 nitrogen and oxygen atoms in total. The highest BCUT2D eigenvalue weighted by Crippen LogP contribution is 2.32. The van der Waals surface area contributed by atoms with Gasteiger partial charge in [-0.25, -0.2) is 10.2 Å². The van der Waals surface area contributed by atoms with Crippen molar-refractivity contribution in [3.8, 4) is 0 Å². The molecule has 1 heterocycles. The fourth-order valence-electron chi connectivity index (χ4n) is 2.42. The Morgan fingerprint density at radius 3 is 2.42 bits per heavy atom. The summed E-state index contributed by atoms with van der Waals surface area (Å²) in [5, 5.41) is 4.87. The normalized spacial score (nSPS) is 10.6. The van der Waals surface area contributed by atoms with Crippen LogP contribution in [0.3, 0.4) is 0 Å². The molecule has 0 aliphatic heterocycles. The molecule has 0 saturated heterocycles. The van der Waals surface area contributed by atoms with Gasteiger partial charge in [0.05, 0.1) is 6.42 Å². The number of hydrogen-bond donors (Lipinski definition) is 3. The maximum absolute atomic E-state index is 12.1. The summed E-state index contributed by atoms with van der Waals surface area (Å²) in [7, 11) is 0. The minimum atomic E-state index is -0.541. The lowest BCUT2D eigenvalue weighted by molar-refractivity contribution is -0.121. The van der Waals surface area contributed by atoms with Gasteiger partial charge in [0.2, 0.25) is 5.91 Å². The number of thiophene rings is 1. The number of rotatable bonds is 3. The van der Waals surface area contributed by atoms with Gasteiger partial charge in [-0.2, -0.15) is 0 Å². The molecule has 8 heteroatoms. The largest absolute Gasteiger partial charge is 0.337 e. The summed E-state index contributed by atoms with van der Waals surface area (Å²) in [5.41, 5.74) is 6.32. The van der Waals surface area contributed by atoms with Crippen LogP contribution in [0.2, 0.25) is 10.0 Å². The summed E-state index contributed by atoms with van der Waals surface area (Å²) >= 11 is 13.4. The highest BCUT2D eigenvalue weighted by Gasteiger charge is 2.13. The van der Waals surface area contributed by atoms with Gasteiger partial charge >= 0.3 is 6.03 Å². The van der Waals surface area contributed by atoms with E-state index in [2.05, 4.69) is 16.2 Å². The molecule has 1 aromatic heterocycles. The molecule has 0 saturated carbocycles. The standard InChI is InChI=1S/C18H15Cl2N3O2S/c1-10-14-8-12(20)4-7-15(14)26-16(10)9-17(24)22-23-18(25)21-13-5-2-11(19)3-6-13/h2-8H,9H2,1H3,(H,22,24)(H2,21,23,25). The smallest absolute Gasteiger partial charge is 0.307 e. The van der Waals surface area contributed by atoms with E-state index in [0.29, 0.717) is 15.7 Å². The fourth-order valence-corrected chi connectivity index (χ4v) is 3.91. The average molecular weight is 408 g/mol. The van der Waals surface area contributed by atoms with Crippen LogP contribution in [0.15, 0.2) is 42.5 Å². The number of hydrazine groups is 1. The van der Waals surface area contributed by atoms with E-state index in [-0.39, 0.29) is 12.3 Å². The quantitative estimate of drug-likeness (QED) is 0.539. The van der Waals surface area contributed by atoms with Gasteiger partial charge < -0.3 is 5.32 Å². The van der Waals surface area contributed by atoms with Crippen LogP contribution in [0, 0.1) is 6.92 Å². The first-order chi connectivity index (χ1) is 12.4. The lowest BCUT2D eigenvalue weighted by Crippen LogP contribution is -2.44. The first-order valence-electron chi connectivity index (χ1n) is 7.71. The van der Waals surface area contributed by atoms with Gasteiger partial charge in [-0.1, -0.05) is 23.2 Å². The zero-order valence-corrected chi connectivity index (χ0v) is 16.1. The van der Waals surface area contributed by atoms with E-state index in [1.807, 2.05) is 25.1 Å². The second kappa shape index (κ2) is 7.95. The predicted molar refractivity (Wildman–Crippen MR) is 107 cm³/mol. The molecule has 0 aliphatic rings. The van der Waals surface area contributed by atoms with Crippen molar-refractivity contribution < 1.29 is 9.59 Å². The van der Waals surface area contributed by atoms with E-state index in [1.54, 1.807) is 24.3 Å². The molecule has 2 aromatic carbocycles. The Labute approximate surface area is 164 Å². The minimum absolute atomic E-state index is 0.171. The maximum Gasteiger partial charge on any atom is 0.337 e. The highest BCUT2D eigenvalue weighted by atomic mass is 35.5. The number of anilines is 1. The fraction of sp³-hybridized carbons (Fsp3) is 0.111. The Hall–Kier alpha value is -2.28. The van der Waals surface area contributed by atoms with Gasteiger partial charge in [0.25, 0.3) is 0 Å². The summed E-state index contributed by atoms with van der Waals surface area (Å²) in [4.78, 5) is 24.9. The number of carbonyl (C=O) groups is 2. The van der Waals surface area contributed by atoms with Crippen molar-refractivity contribution in [3.05, 3.63) is 63.0 Å². The van der Waals surface area contributed by atoms with Crippen LogP contribution in [-0.4, -0.2) is 11.9 Å². The molecular formula is C18H15Cl2N3O2S. The van der Waals surface area contributed by atoms with Gasteiger partial charge in [0, 0.05) is 25.3 Å². The van der Waals surface area contributed by atoms with Crippen LogP contribution in [0.5, 0.6) is 0 Å². The Morgan fingerprint density at radius 1 is 1.00 bits per heavy atom. The number of benzene rings is 2. The lowest BCUT2D eigenvalue weighted by atomic mass is 10.1. The number of halogens is 2. The number of urea groups is 1. The molecule has 3 N–H and O–H groups in total. The van der Waals surface area contributed by atoms with Crippen LogP contribution in [0.1, 0.15) is 10.4 Å². The monoisotopic (exact) mass is 407 g/mol. The van der Waals surface area contributed by atoms with Gasteiger partial charge in [-0.15, -0.1) is 11.3 Å². The van der Waals surface area contributed by atoms with E-state index >= 15 is 0 Å². The summed E-state index contributed by atoms with van der Waals surface area (Å²) in [6.45, 7) is 1.96. The predicted octanol–water partition coefficient (Wildman–Crippen LogP) is 4.91. The van der Waals surface area contributed by atoms with Gasteiger partial charge in [0.1, 0.15) is 0 Å². The molecule has 0 atom stereocenters. The lowest BCUT2D eigenvalue weighted by Gasteiger charge is -2.09. The number of aryl methyl sites for hydroxylation is 1. The van der Waals surface area contributed by atoms with Crippen LogP contribution >= 0.6 is 34.5 Å². The molecule has 3 rings (SSSR count). The molecule has 0 aliphatic carbocycles. The molecule has 26 heavy (non-hydrogen) atoms. The Bertz CT molecular complexity index is 970. The number of nitrogens with one attached hydrogen (secondary N) is 3. The van der Waals surface area contributed by atoms with Crippen LogP contribution < -0.4 is 16.2 Å². The van der Waals surface area contributed by atoms with E-state index in [4.69, 9.17) is 23.2 Å². The first kappa shape index (κ1) is 18.5. The molecule has 0 unspecified atom stereocenters. The number of fused-ring (bicyclic) bond motifs is 1. The third kappa shape index (κ3) is 4.46. The highest BCUT2D eigenvalue weighted by molar-refractivity contribution is 7.19. The topological polar surface area (TPSA) is 70.2 Å². The summed E-state index contributed by atoms with van der Waals surface area (Å²) < 4.78 is 1.07. The third-order valence-corrected chi connectivity index (χ3v) is 5.50. The van der Waals surface area contributed by atoms with Crippen LogP contribution in [-0.2, 0) is 11.2 Å². The van der Waals surface area contributed by atoms with Crippen molar-refractivity contribution in [2.24, 2.45) is 0 Å². The van der Waals surface area contributed by atoms with Crippen molar-refractivity contribution in [2.75, 3.05) is 5.32 Å². The molecule has 0 bridgehead atoms. The van der Waals surface area contributed by atoms with Crippen molar-refractivity contribution in [3.63, 3.8) is 0 Å². The number of hydrogen-bond acceptors (Lipinski definition) is 3. The third-order valence-electron chi connectivity index (χ3n) is 3.74. The number of carbonyl (C=O) groups excluding carboxylic acids is 2. The van der Waals surface area contributed by atoms with E-state index in [9.17, 15) is 9.59 Å². The van der Waals surface area contributed by atoms with Gasteiger partial charge in [0.15, 0.2) is 0 Å². The summed E-state index contributed by atoms with van der Waals surface area (Å²) in [6, 6.07) is 11.8. The SMILES string of the molecule is Cc1c(CC(=O)NNC(=O)Nc2ccc(Cl)cc2)sc2ccc(Cl)cc12. The second-order valence-electron chi connectivity index (χ2n) is 5.60. The van der Waals surface area contributed by atoms with Crippen molar-refractivity contribution >= 4 is 62.3 Å². The van der Waals surface area contributed by atoms with Gasteiger partial charge in [-0.05, 0) is 60.3 Å². The number of amides is 3. The average Bonchev–Trinajstić information content (AvgIpc) is 2.91. The van der Waals surface area contributed by atoms with E-state index in [0.717, 1.165) is 20.5 Å². The van der Waals surface area contributed by atoms with E-state index < -0.39 is 6.03 Å². The maximum atomic E-state index is 12.1. The minimum Gasteiger partial charge on any atom is -0.307 e. The van der Waals surface area contributed by atoms with Crippen molar-refractivity contribution in [2.45, 2.75) is 13.3 Å². The van der Waals surface area contributed by atoms with Gasteiger partial charge in [-0.3, -0.25) is 10.2 Å². The molecule has 0 spiro atoms. The Kier molecular flexibility index (Phi) is 5.66. The molecule has 0 radical (unpaired) electrons. The molecule has 3 amide bonds.